The molecule has 0 atom stereocenters. The van der Waals surface area contributed by atoms with Gasteiger partial charge in [-0.25, -0.2) is 4.79 Å². The van der Waals surface area contributed by atoms with Crippen molar-refractivity contribution in [2.24, 2.45) is 17.3 Å². The Kier molecular flexibility index (Phi) is 5.79. The van der Waals surface area contributed by atoms with Crippen LogP contribution in [-0.4, -0.2) is 41.5 Å². The predicted octanol–water partition coefficient (Wildman–Crippen LogP) is 3.10. The van der Waals surface area contributed by atoms with Gasteiger partial charge in [0.1, 0.15) is 12.1 Å². The monoisotopic (exact) mass is 352 g/mol. The number of ether oxygens (including phenoxy) is 1. The first kappa shape index (κ1) is 19.7. The number of imide groups is 1. The molecule has 1 spiro atoms. The number of urea groups is 1. The van der Waals surface area contributed by atoms with Crippen LogP contribution in [0.1, 0.15) is 66.7 Å². The highest BCUT2D eigenvalue weighted by atomic mass is 16.5. The van der Waals surface area contributed by atoms with Crippen molar-refractivity contribution in [1.29, 1.82) is 0 Å². The highest BCUT2D eigenvalue weighted by Crippen LogP contribution is 2.43. The predicted molar refractivity (Wildman–Crippen MR) is 94.8 cm³/mol. The second-order valence-electron chi connectivity index (χ2n) is 8.95. The fraction of sp³-hybridized carbons (Fsp3) is 0.842. The topological polar surface area (TPSA) is 75.7 Å². The van der Waals surface area contributed by atoms with Gasteiger partial charge < -0.3 is 10.1 Å². The van der Waals surface area contributed by atoms with Crippen LogP contribution in [0.25, 0.3) is 0 Å². The van der Waals surface area contributed by atoms with Gasteiger partial charge in [0, 0.05) is 0 Å². The van der Waals surface area contributed by atoms with Gasteiger partial charge in [-0.15, -0.1) is 0 Å². The summed E-state index contributed by atoms with van der Waals surface area (Å²) in [5.41, 5.74) is -0.621. The summed E-state index contributed by atoms with van der Waals surface area (Å²) in [4.78, 5) is 38.0. The molecule has 1 N–H and O–H groups in total. The molecule has 2 aliphatic rings. The van der Waals surface area contributed by atoms with Gasteiger partial charge in [-0.3, -0.25) is 14.5 Å². The van der Waals surface area contributed by atoms with E-state index in [9.17, 15) is 14.4 Å². The molecule has 142 valence electrons. The summed E-state index contributed by atoms with van der Waals surface area (Å²) in [6, 6.07) is -0.472. The third kappa shape index (κ3) is 4.53. The minimum absolute atomic E-state index is 0.202. The van der Waals surface area contributed by atoms with Crippen LogP contribution in [0.4, 0.5) is 4.79 Å². The molecule has 25 heavy (non-hydrogen) atoms. The Balaban J connectivity index is 1.93. The zero-order valence-electron chi connectivity index (χ0n) is 16.2. The molecule has 0 bridgehead atoms. The largest absolute Gasteiger partial charge is 0.464 e. The van der Waals surface area contributed by atoms with E-state index < -0.39 is 17.5 Å². The Bertz CT molecular complexity index is 528. The van der Waals surface area contributed by atoms with E-state index in [-0.39, 0.29) is 17.9 Å². The van der Waals surface area contributed by atoms with Gasteiger partial charge in [0.25, 0.3) is 5.91 Å². The molecule has 0 radical (unpaired) electrons. The van der Waals surface area contributed by atoms with Crippen molar-refractivity contribution in [3.05, 3.63) is 0 Å². The average molecular weight is 352 g/mol. The van der Waals surface area contributed by atoms with Crippen LogP contribution in [0.5, 0.6) is 0 Å². The molecular formula is C19H32N2O4. The van der Waals surface area contributed by atoms with E-state index in [1.54, 1.807) is 0 Å². The highest BCUT2D eigenvalue weighted by molar-refractivity contribution is 6.08. The SMILES string of the molecule is CC(C)CCOC(=O)CN1C(=O)NC2(CCC(C(C)(C)C)CC2)C1=O. The molecule has 0 unspecified atom stereocenters. The number of hydrogen-bond acceptors (Lipinski definition) is 4. The van der Waals surface area contributed by atoms with Crippen molar-refractivity contribution in [3.8, 4) is 0 Å². The first-order chi connectivity index (χ1) is 11.5. The van der Waals surface area contributed by atoms with Crippen LogP contribution < -0.4 is 5.32 Å². The van der Waals surface area contributed by atoms with Crippen molar-refractivity contribution in [1.82, 2.24) is 10.2 Å². The van der Waals surface area contributed by atoms with E-state index in [1.165, 1.54) is 0 Å². The standard InChI is InChI=1S/C19H32N2O4/c1-13(2)8-11-25-15(22)12-21-16(23)19(20-17(21)24)9-6-14(7-10-19)18(3,4)5/h13-14H,6-12H2,1-5H3,(H,20,24). The zero-order valence-corrected chi connectivity index (χ0v) is 16.2. The number of amides is 3. The van der Waals surface area contributed by atoms with Gasteiger partial charge in [0.15, 0.2) is 0 Å². The molecule has 6 nitrogen and oxygen atoms in total. The quantitative estimate of drug-likeness (QED) is 0.609. The number of carbonyl (C=O) groups excluding carboxylic acids is 3. The fourth-order valence-corrected chi connectivity index (χ4v) is 3.72. The molecule has 1 heterocycles. The van der Waals surface area contributed by atoms with Gasteiger partial charge in [-0.05, 0) is 49.4 Å². The number of rotatable bonds is 5. The van der Waals surface area contributed by atoms with Crippen molar-refractivity contribution in [2.75, 3.05) is 13.2 Å². The summed E-state index contributed by atoms with van der Waals surface area (Å²) in [6.45, 7) is 10.7. The maximum Gasteiger partial charge on any atom is 0.326 e. The Morgan fingerprint density at radius 1 is 1.28 bits per heavy atom. The lowest BCUT2D eigenvalue weighted by atomic mass is 9.67. The van der Waals surface area contributed by atoms with E-state index >= 15 is 0 Å². The van der Waals surface area contributed by atoms with Gasteiger partial charge in [-0.1, -0.05) is 34.6 Å². The molecule has 3 amide bonds. The number of carbonyl (C=O) groups is 3. The molecule has 1 aliphatic carbocycles. The zero-order chi connectivity index (χ0) is 18.8. The number of esters is 1. The first-order valence-electron chi connectivity index (χ1n) is 9.35. The van der Waals surface area contributed by atoms with E-state index in [0.29, 0.717) is 31.3 Å². The summed E-state index contributed by atoms with van der Waals surface area (Å²) in [7, 11) is 0. The maximum atomic E-state index is 12.8. The summed E-state index contributed by atoms with van der Waals surface area (Å²) in [5, 5.41) is 2.85. The third-order valence-corrected chi connectivity index (χ3v) is 5.56. The van der Waals surface area contributed by atoms with Crippen LogP contribution >= 0.6 is 0 Å². The lowest BCUT2D eigenvalue weighted by Crippen LogP contribution is -2.50. The molecule has 0 aromatic carbocycles. The molecule has 6 heteroatoms. The fourth-order valence-electron chi connectivity index (χ4n) is 3.72. The van der Waals surface area contributed by atoms with E-state index in [2.05, 4.69) is 26.1 Å². The molecular weight excluding hydrogens is 320 g/mol. The minimum atomic E-state index is -0.822. The minimum Gasteiger partial charge on any atom is -0.464 e. The molecule has 2 fully saturated rings. The van der Waals surface area contributed by atoms with E-state index in [0.717, 1.165) is 24.2 Å². The van der Waals surface area contributed by atoms with Crippen molar-refractivity contribution >= 4 is 17.9 Å². The molecule has 0 aromatic rings. The lowest BCUT2D eigenvalue weighted by molar-refractivity contribution is -0.148. The van der Waals surface area contributed by atoms with E-state index in [4.69, 9.17) is 4.74 Å². The second kappa shape index (κ2) is 7.34. The first-order valence-corrected chi connectivity index (χ1v) is 9.35. The molecule has 1 saturated heterocycles. The van der Waals surface area contributed by atoms with Gasteiger partial charge in [0.2, 0.25) is 0 Å². The number of nitrogens with one attached hydrogen (secondary N) is 1. The average Bonchev–Trinajstić information content (AvgIpc) is 2.71. The lowest BCUT2D eigenvalue weighted by Gasteiger charge is -2.40. The molecule has 2 rings (SSSR count). The second-order valence-corrected chi connectivity index (χ2v) is 8.95. The smallest absolute Gasteiger partial charge is 0.326 e. The maximum absolute atomic E-state index is 12.8. The summed E-state index contributed by atoms with van der Waals surface area (Å²) in [6.07, 6.45) is 3.85. The van der Waals surface area contributed by atoms with Crippen molar-refractivity contribution < 1.29 is 19.1 Å². The number of nitrogens with zero attached hydrogens (tertiary/aromatic N) is 1. The number of hydrogen-bond donors (Lipinski definition) is 1. The Morgan fingerprint density at radius 3 is 2.40 bits per heavy atom. The summed E-state index contributed by atoms with van der Waals surface area (Å²) < 4.78 is 5.14. The van der Waals surface area contributed by atoms with Gasteiger partial charge in [0.05, 0.1) is 6.61 Å². The molecule has 1 aliphatic heterocycles. The Morgan fingerprint density at radius 2 is 1.88 bits per heavy atom. The normalized spacial score (nSPS) is 27.1. The van der Waals surface area contributed by atoms with Crippen LogP contribution in [0, 0.1) is 17.3 Å². The third-order valence-electron chi connectivity index (χ3n) is 5.56. The van der Waals surface area contributed by atoms with Crippen LogP contribution in [-0.2, 0) is 14.3 Å². The molecule has 0 aromatic heterocycles. The molecule has 1 saturated carbocycles. The van der Waals surface area contributed by atoms with Crippen LogP contribution in [0.15, 0.2) is 0 Å². The summed E-state index contributed by atoms with van der Waals surface area (Å²) in [5.74, 6) is 0.180. The van der Waals surface area contributed by atoms with Gasteiger partial charge >= 0.3 is 12.0 Å². The van der Waals surface area contributed by atoms with Gasteiger partial charge in [-0.2, -0.15) is 0 Å². The Labute approximate surface area is 150 Å². The summed E-state index contributed by atoms with van der Waals surface area (Å²) >= 11 is 0. The van der Waals surface area contributed by atoms with Crippen LogP contribution in [0.2, 0.25) is 0 Å². The Hall–Kier alpha value is -1.59. The van der Waals surface area contributed by atoms with Crippen molar-refractivity contribution in [2.45, 2.75) is 72.3 Å². The highest BCUT2D eigenvalue weighted by Gasteiger charge is 2.53. The van der Waals surface area contributed by atoms with Crippen molar-refractivity contribution in [3.63, 3.8) is 0 Å². The van der Waals surface area contributed by atoms with Crippen LogP contribution in [0.3, 0.4) is 0 Å². The van der Waals surface area contributed by atoms with E-state index in [1.807, 2.05) is 13.8 Å².